The van der Waals surface area contributed by atoms with E-state index in [2.05, 4.69) is 25.0 Å². The molecule has 0 aromatic carbocycles. The smallest absolute Gasteiger partial charge is 0.0794 e. The third-order valence-electron chi connectivity index (χ3n) is 3.80. The van der Waals surface area contributed by atoms with Gasteiger partial charge < -0.3 is 5.73 Å². The topological polar surface area (TPSA) is 43.8 Å². The van der Waals surface area contributed by atoms with Gasteiger partial charge in [0.25, 0.3) is 0 Å². The summed E-state index contributed by atoms with van der Waals surface area (Å²) < 4.78 is 1.84. The van der Waals surface area contributed by atoms with Crippen LogP contribution in [0.3, 0.4) is 0 Å². The van der Waals surface area contributed by atoms with Gasteiger partial charge in [-0.1, -0.05) is 13.8 Å². The monoisotopic (exact) mass is 221 g/mol. The van der Waals surface area contributed by atoms with E-state index in [1.807, 2.05) is 17.9 Å². The lowest BCUT2D eigenvalue weighted by Crippen LogP contribution is -2.29. The lowest BCUT2D eigenvalue weighted by atomic mass is 9.73. The summed E-state index contributed by atoms with van der Waals surface area (Å²) in [7, 11) is 1.95. The van der Waals surface area contributed by atoms with Gasteiger partial charge >= 0.3 is 0 Å². The van der Waals surface area contributed by atoms with Crippen LogP contribution < -0.4 is 5.73 Å². The molecule has 1 aliphatic rings. The highest BCUT2D eigenvalue weighted by atomic mass is 15.3. The predicted molar refractivity (Wildman–Crippen MR) is 65.8 cm³/mol. The van der Waals surface area contributed by atoms with E-state index in [0.29, 0.717) is 5.92 Å². The highest BCUT2D eigenvalue weighted by molar-refractivity contribution is 5.06. The minimum absolute atomic E-state index is 0.117. The third-order valence-corrected chi connectivity index (χ3v) is 3.80. The number of nitrogens with zero attached hydrogens (tertiary/aromatic N) is 2. The molecule has 3 heteroatoms. The average molecular weight is 221 g/mol. The molecule has 1 heterocycles. The summed E-state index contributed by atoms with van der Waals surface area (Å²) in [6.07, 6.45) is 5.83. The minimum Gasteiger partial charge on any atom is -0.322 e. The van der Waals surface area contributed by atoms with Gasteiger partial charge in [-0.15, -0.1) is 0 Å². The van der Waals surface area contributed by atoms with Crippen molar-refractivity contribution >= 4 is 0 Å². The summed E-state index contributed by atoms with van der Waals surface area (Å²) in [6, 6.07) is 2.17. The normalized spacial score (nSPS) is 32.6. The zero-order valence-electron chi connectivity index (χ0n) is 10.6. The van der Waals surface area contributed by atoms with Gasteiger partial charge in [0, 0.05) is 13.2 Å². The van der Waals surface area contributed by atoms with E-state index in [1.165, 1.54) is 19.3 Å². The van der Waals surface area contributed by atoms with Gasteiger partial charge in [-0.2, -0.15) is 5.10 Å². The fourth-order valence-corrected chi connectivity index (χ4v) is 3.15. The second-order valence-corrected chi connectivity index (χ2v) is 5.62. The van der Waals surface area contributed by atoms with Crippen LogP contribution in [-0.2, 0) is 7.05 Å². The molecule has 2 N–H and O–H groups in total. The zero-order valence-corrected chi connectivity index (χ0v) is 10.6. The largest absolute Gasteiger partial charge is 0.322 e. The molecule has 0 aliphatic heterocycles. The van der Waals surface area contributed by atoms with Crippen molar-refractivity contribution in [1.29, 1.82) is 0 Å². The number of hydrogen-bond donors (Lipinski definition) is 1. The van der Waals surface area contributed by atoms with E-state index >= 15 is 0 Å². The first-order valence-electron chi connectivity index (χ1n) is 6.31. The molecule has 3 unspecified atom stereocenters. The van der Waals surface area contributed by atoms with Crippen LogP contribution in [0.25, 0.3) is 0 Å². The number of hydrogen-bond acceptors (Lipinski definition) is 2. The van der Waals surface area contributed by atoms with E-state index in [0.717, 1.165) is 17.5 Å². The first-order valence-corrected chi connectivity index (χ1v) is 6.31. The molecule has 0 spiro atoms. The van der Waals surface area contributed by atoms with Crippen LogP contribution in [0.2, 0.25) is 0 Å². The Kier molecular flexibility index (Phi) is 3.33. The molecule has 0 amide bonds. The Morgan fingerprint density at radius 3 is 2.44 bits per heavy atom. The van der Waals surface area contributed by atoms with Gasteiger partial charge in [-0.3, -0.25) is 4.68 Å². The van der Waals surface area contributed by atoms with Crippen molar-refractivity contribution < 1.29 is 0 Å². The highest BCUT2D eigenvalue weighted by Gasteiger charge is 2.29. The Hall–Kier alpha value is -0.830. The number of aromatic nitrogens is 2. The molecule has 2 rings (SSSR count). The summed E-state index contributed by atoms with van der Waals surface area (Å²) in [5.74, 6) is 2.22. The van der Waals surface area contributed by atoms with E-state index in [4.69, 9.17) is 5.73 Å². The first kappa shape index (κ1) is 11.6. The predicted octanol–water partition coefficient (Wildman–Crippen LogP) is 2.49. The average Bonchev–Trinajstić information content (AvgIpc) is 2.62. The van der Waals surface area contributed by atoms with Crippen LogP contribution >= 0.6 is 0 Å². The Morgan fingerprint density at radius 1 is 1.31 bits per heavy atom. The summed E-state index contributed by atoms with van der Waals surface area (Å²) >= 11 is 0. The Labute approximate surface area is 98.0 Å². The molecule has 1 aliphatic carbocycles. The van der Waals surface area contributed by atoms with Gasteiger partial charge in [-0.05, 0) is 43.1 Å². The SMILES string of the molecule is CC1CC(C)CC(C(N)c2ccn(C)n2)C1. The van der Waals surface area contributed by atoms with Crippen LogP contribution in [0.15, 0.2) is 12.3 Å². The minimum atomic E-state index is 0.117. The van der Waals surface area contributed by atoms with Gasteiger partial charge in [0.2, 0.25) is 0 Å². The second kappa shape index (κ2) is 4.58. The lowest BCUT2D eigenvalue weighted by molar-refractivity contribution is 0.191. The molecule has 3 nitrogen and oxygen atoms in total. The fraction of sp³-hybridized carbons (Fsp3) is 0.769. The van der Waals surface area contributed by atoms with E-state index in [9.17, 15) is 0 Å². The van der Waals surface area contributed by atoms with E-state index in [-0.39, 0.29) is 6.04 Å². The zero-order chi connectivity index (χ0) is 11.7. The van der Waals surface area contributed by atoms with Crippen LogP contribution in [0.5, 0.6) is 0 Å². The van der Waals surface area contributed by atoms with Crippen molar-refractivity contribution in [1.82, 2.24) is 9.78 Å². The molecule has 1 fully saturated rings. The standard InChI is InChI=1S/C13H23N3/c1-9-6-10(2)8-11(7-9)13(14)12-4-5-16(3)15-12/h4-5,9-11,13H,6-8,14H2,1-3H3. The number of aryl methyl sites for hydroxylation is 1. The van der Waals surface area contributed by atoms with Gasteiger partial charge in [-0.25, -0.2) is 0 Å². The highest BCUT2D eigenvalue weighted by Crippen LogP contribution is 2.38. The maximum Gasteiger partial charge on any atom is 0.0794 e. The summed E-state index contributed by atoms with van der Waals surface area (Å²) in [5, 5.41) is 4.43. The second-order valence-electron chi connectivity index (χ2n) is 5.62. The van der Waals surface area contributed by atoms with Gasteiger partial charge in [0.15, 0.2) is 0 Å². The molecule has 0 radical (unpaired) electrons. The molecular weight excluding hydrogens is 198 g/mol. The van der Waals surface area contributed by atoms with Crippen LogP contribution in [0.1, 0.15) is 44.8 Å². The maximum absolute atomic E-state index is 6.33. The van der Waals surface area contributed by atoms with Crippen LogP contribution in [0.4, 0.5) is 0 Å². The third kappa shape index (κ3) is 2.46. The molecule has 90 valence electrons. The summed E-state index contributed by atoms with van der Waals surface area (Å²) in [6.45, 7) is 4.68. The van der Waals surface area contributed by atoms with Crippen molar-refractivity contribution in [3.63, 3.8) is 0 Å². The molecule has 0 saturated heterocycles. The Morgan fingerprint density at radius 2 is 1.94 bits per heavy atom. The molecule has 16 heavy (non-hydrogen) atoms. The van der Waals surface area contributed by atoms with Gasteiger partial charge in [0.05, 0.1) is 11.7 Å². The molecule has 1 aromatic rings. The van der Waals surface area contributed by atoms with Crippen molar-refractivity contribution in [2.24, 2.45) is 30.5 Å². The van der Waals surface area contributed by atoms with Crippen molar-refractivity contribution in [3.05, 3.63) is 18.0 Å². The molecule has 3 atom stereocenters. The molecule has 0 bridgehead atoms. The van der Waals surface area contributed by atoms with Crippen LogP contribution in [0, 0.1) is 17.8 Å². The number of rotatable bonds is 2. The number of nitrogens with two attached hydrogens (primary N) is 1. The van der Waals surface area contributed by atoms with Crippen LogP contribution in [-0.4, -0.2) is 9.78 Å². The van der Waals surface area contributed by atoms with Crippen molar-refractivity contribution in [2.75, 3.05) is 0 Å². The lowest BCUT2D eigenvalue weighted by Gasteiger charge is -2.34. The molecular formula is C13H23N3. The summed E-state index contributed by atoms with van der Waals surface area (Å²) in [5.41, 5.74) is 7.38. The Balaban J connectivity index is 2.06. The quantitative estimate of drug-likeness (QED) is 0.834. The first-order chi connectivity index (χ1) is 7.56. The fourth-order valence-electron chi connectivity index (χ4n) is 3.15. The summed E-state index contributed by atoms with van der Waals surface area (Å²) in [4.78, 5) is 0. The van der Waals surface area contributed by atoms with E-state index in [1.54, 1.807) is 0 Å². The van der Waals surface area contributed by atoms with Crippen molar-refractivity contribution in [3.8, 4) is 0 Å². The van der Waals surface area contributed by atoms with Crippen molar-refractivity contribution in [2.45, 2.75) is 39.2 Å². The Bertz CT molecular complexity index is 335. The van der Waals surface area contributed by atoms with E-state index < -0.39 is 0 Å². The van der Waals surface area contributed by atoms with Gasteiger partial charge in [0.1, 0.15) is 0 Å². The molecule has 1 aromatic heterocycles. The molecule has 1 saturated carbocycles. The maximum atomic E-state index is 6.33.